The summed E-state index contributed by atoms with van der Waals surface area (Å²) in [7, 11) is 0. The number of amides is 2. The van der Waals surface area contributed by atoms with Crippen LogP contribution < -0.4 is 5.32 Å². The normalized spacial score (nSPS) is 12.0. The van der Waals surface area contributed by atoms with E-state index in [1.165, 1.54) is 0 Å². The van der Waals surface area contributed by atoms with Crippen LogP contribution in [0.25, 0.3) is 0 Å². The summed E-state index contributed by atoms with van der Waals surface area (Å²) in [6.07, 6.45) is 0.795. The first-order chi connectivity index (χ1) is 14.7. The van der Waals surface area contributed by atoms with Gasteiger partial charge >= 0.3 is 0 Å². The number of nitrogens with zero attached hydrogens (tertiary/aromatic N) is 1. The maximum atomic E-state index is 13.2. The Bertz CT molecular complexity index is 891. The van der Waals surface area contributed by atoms with Crippen LogP contribution in [0.15, 0.2) is 47.4 Å². The van der Waals surface area contributed by atoms with E-state index in [1.54, 1.807) is 34.9 Å². The molecule has 2 amide bonds. The molecule has 2 rings (SSSR count). The Morgan fingerprint density at radius 3 is 2.26 bits per heavy atom. The zero-order valence-corrected chi connectivity index (χ0v) is 20.9. The Kier molecular flexibility index (Phi) is 10.5. The summed E-state index contributed by atoms with van der Waals surface area (Å²) in [4.78, 5) is 28.7. The fourth-order valence-electron chi connectivity index (χ4n) is 3.06. The number of benzene rings is 2. The highest BCUT2D eigenvalue weighted by Crippen LogP contribution is 2.25. The van der Waals surface area contributed by atoms with E-state index in [9.17, 15) is 9.59 Å². The van der Waals surface area contributed by atoms with Crippen LogP contribution in [0.1, 0.15) is 39.2 Å². The van der Waals surface area contributed by atoms with Crippen LogP contribution in [0.2, 0.25) is 15.1 Å². The van der Waals surface area contributed by atoms with Crippen molar-refractivity contribution in [3.05, 3.63) is 63.1 Å². The van der Waals surface area contributed by atoms with Crippen LogP contribution in [0, 0.1) is 0 Å². The molecule has 4 nitrogen and oxygen atoms in total. The number of carbonyl (C=O) groups excluding carboxylic acids is 2. The molecule has 0 aliphatic rings. The van der Waals surface area contributed by atoms with E-state index in [4.69, 9.17) is 34.8 Å². The number of nitrogens with one attached hydrogen (secondary N) is 1. The number of halogens is 3. The fourth-order valence-corrected chi connectivity index (χ4v) is 4.50. The number of rotatable bonds is 10. The molecule has 0 saturated carbocycles. The van der Waals surface area contributed by atoms with Gasteiger partial charge in [0.25, 0.3) is 0 Å². The first kappa shape index (κ1) is 25.9. The van der Waals surface area contributed by atoms with Crippen molar-refractivity contribution in [3.8, 4) is 0 Å². The average molecular weight is 502 g/mol. The van der Waals surface area contributed by atoms with E-state index in [0.717, 1.165) is 10.5 Å². The topological polar surface area (TPSA) is 49.4 Å². The van der Waals surface area contributed by atoms with Crippen molar-refractivity contribution in [2.24, 2.45) is 0 Å². The highest BCUT2D eigenvalue weighted by molar-refractivity contribution is 7.99. The summed E-state index contributed by atoms with van der Waals surface area (Å²) in [5.74, 6) is 0.326. The van der Waals surface area contributed by atoms with Gasteiger partial charge in [-0.15, -0.1) is 11.8 Å². The molecule has 2 aromatic rings. The molecule has 31 heavy (non-hydrogen) atoms. The van der Waals surface area contributed by atoms with Gasteiger partial charge < -0.3 is 10.2 Å². The number of carbonyl (C=O) groups is 2. The fraction of sp³-hybridized carbons (Fsp3) is 0.391. The summed E-state index contributed by atoms with van der Waals surface area (Å²) in [5.41, 5.74) is 0.751. The van der Waals surface area contributed by atoms with Crippen molar-refractivity contribution in [3.63, 3.8) is 0 Å². The molecule has 1 atom stereocenters. The van der Waals surface area contributed by atoms with Gasteiger partial charge in [-0.3, -0.25) is 9.59 Å². The lowest BCUT2D eigenvalue weighted by Crippen LogP contribution is -2.50. The van der Waals surface area contributed by atoms with Crippen LogP contribution >= 0.6 is 46.6 Å². The lowest BCUT2D eigenvalue weighted by molar-refractivity contribution is -0.141. The quantitative estimate of drug-likeness (QED) is 0.380. The highest BCUT2D eigenvalue weighted by atomic mass is 35.5. The minimum atomic E-state index is -0.581. The summed E-state index contributed by atoms with van der Waals surface area (Å²) < 4.78 is 0. The van der Waals surface area contributed by atoms with Crippen molar-refractivity contribution in [1.82, 2.24) is 10.2 Å². The number of hydrogen-bond donors (Lipinski definition) is 1. The zero-order valence-electron chi connectivity index (χ0n) is 17.8. The Balaban J connectivity index is 2.16. The van der Waals surface area contributed by atoms with Gasteiger partial charge in [0.1, 0.15) is 6.04 Å². The SMILES string of the molecule is CCC(C(=O)NC(C)C)N(Cc1ccc(Cl)cc1Cl)C(=O)CCSc1ccc(Cl)cc1. The largest absolute Gasteiger partial charge is 0.352 e. The standard InChI is InChI=1S/C23H27Cl3N2O2S/c1-4-21(23(30)27-15(2)3)28(14-16-5-6-18(25)13-20(16)26)22(29)11-12-31-19-9-7-17(24)8-10-19/h5-10,13,15,21H,4,11-12,14H2,1-3H3,(H,27,30). The van der Waals surface area contributed by atoms with Crippen LogP contribution in [0.3, 0.4) is 0 Å². The molecule has 0 aliphatic heterocycles. The van der Waals surface area contributed by atoms with Gasteiger partial charge in [-0.25, -0.2) is 0 Å². The predicted octanol–water partition coefficient (Wildman–Crippen LogP) is 6.46. The minimum Gasteiger partial charge on any atom is -0.352 e. The second kappa shape index (κ2) is 12.6. The molecule has 1 unspecified atom stereocenters. The lowest BCUT2D eigenvalue weighted by atomic mass is 10.1. The molecule has 8 heteroatoms. The Morgan fingerprint density at radius 1 is 1.03 bits per heavy atom. The first-order valence-electron chi connectivity index (χ1n) is 10.1. The maximum absolute atomic E-state index is 13.2. The first-order valence-corrected chi connectivity index (χ1v) is 12.2. The predicted molar refractivity (Wildman–Crippen MR) is 131 cm³/mol. The van der Waals surface area contributed by atoms with Crippen LogP contribution in [-0.2, 0) is 16.1 Å². The van der Waals surface area contributed by atoms with Crippen molar-refractivity contribution in [1.29, 1.82) is 0 Å². The Hall–Kier alpha value is -1.40. The summed E-state index contributed by atoms with van der Waals surface area (Å²) in [6, 6.07) is 12.1. The smallest absolute Gasteiger partial charge is 0.243 e. The molecule has 0 radical (unpaired) electrons. The molecular formula is C23H27Cl3N2O2S. The van der Waals surface area contributed by atoms with Crippen molar-refractivity contribution >= 4 is 58.4 Å². The van der Waals surface area contributed by atoms with Crippen molar-refractivity contribution < 1.29 is 9.59 Å². The molecule has 0 saturated heterocycles. The average Bonchev–Trinajstić information content (AvgIpc) is 2.70. The number of hydrogen-bond acceptors (Lipinski definition) is 3. The van der Waals surface area contributed by atoms with Crippen LogP contribution in [-0.4, -0.2) is 34.6 Å². The second-order valence-electron chi connectivity index (χ2n) is 7.40. The minimum absolute atomic E-state index is 0.0157. The van der Waals surface area contributed by atoms with Gasteiger partial charge in [0.2, 0.25) is 11.8 Å². The highest BCUT2D eigenvalue weighted by Gasteiger charge is 2.29. The molecular weight excluding hydrogens is 475 g/mol. The van der Waals surface area contributed by atoms with E-state index in [0.29, 0.717) is 33.7 Å². The van der Waals surface area contributed by atoms with Gasteiger partial charge in [0.15, 0.2) is 0 Å². The molecule has 0 heterocycles. The van der Waals surface area contributed by atoms with Crippen LogP contribution in [0.5, 0.6) is 0 Å². The molecule has 0 bridgehead atoms. The van der Waals surface area contributed by atoms with E-state index < -0.39 is 6.04 Å². The zero-order chi connectivity index (χ0) is 23.0. The van der Waals surface area contributed by atoms with Gasteiger partial charge in [-0.1, -0.05) is 47.8 Å². The van der Waals surface area contributed by atoms with Crippen molar-refractivity contribution in [2.75, 3.05) is 5.75 Å². The lowest BCUT2D eigenvalue weighted by Gasteiger charge is -2.31. The van der Waals surface area contributed by atoms with Crippen molar-refractivity contribution in [2.45, 2.75) is 57.1 Å². The molecule has 0 aliphatic carbocycles. The Morgan fingerprint density at radius 2 is 1.68 bits per heavy atom. The summed E-state index contributed by atoms with van der Waals surface area (Å²) >= 11 is 19.9. The van der Waals surface area contributed by atoms with Gasteiger partial charge in [0.05, 0.1) is 0 Å². The van der Waals surface area contributed by atoms with Gasteiger partial charge in [0, 0.05) is 44.7 Å². The van der Waals surface area contributed by atoms with E-state index in [-0.39, 0.29) is 24.4 Å². The monoisotopic (exact) mass is 500 g/mol. The third-order valence-corrected chi connectivity index (χ3v) is 6.42. The third-order valence-electron chi connectivity index (χ3n) is 4.57. The number of thioether (sulfide) groups is 1. The summed E-state index contributed by atoms with van der Waals surface area (Å²) in [6.45, 7) is 5.94. The molecule has 0 fully saturated rings. The molecule has 1 N–H and O–H groups in total. The molecule has 2 aromatic carbocycles. The molecule has 168 valence electrons. The van der Waals surface area contributed by atoms with Crippen LogP contribution in [0.4, 0.5) is 0 Å². The van der Waals surface area contributed by atoms with E-state index in [1.807, 2.05) is 45.0 Å². The summed E-state index contributed by atoms with van der Waals surface area (Å²) in [5, 5.41) is 4.59. The molecule has 0 spiro atoms. The second-order valence-corrected chi connectivity index (χ2v) is 9.85. The Labute approximate surface area is 203 Å². The van der Waals surface area contributed by atoms with Gasteiger partial charge in [-0.05, 0) is 62.2 Å². The van der Waals surface area contributed by atoms with E-state index in [2.05, 4.69) is 5.32 Å². The van der Waals surface area contributed by atoms with E-state index >= 15 is 0 Å². The third kappa shape index (κ3) is 8.23. The van der Waals surface area contributed by atoms with Gasteiger partial charge in [-0.2, -0.15) is 0 Å². The maximum Gasteiger partial charge on any atom is 0.243 e. The molecule has 0 aromatic heterocycles.